The molecule has 0 fully saturated rings. The van der Waals surface area contributed by atoms with Crippen molar-refractivity contribution in [2.24, 2.45) is 0 Å². The molecule has 2 aromatic carbocycles. The van der Waals surface area contributed by atoms with E-state index in [1.807, 2.05) is 32.3 Å². The monoisotopic (exact) mass is 465 g/mol. The predicted octanol–water partition coefficient (Wildman–Crippen LogP) is 3.65. The highest BCUT2D eigenvalue weighted by molar-refractivity contribution is 7.99. The van der Waals surface area contributed by atoms with Crippen LogP contribution < -0.4 is 10.1 Å². The van der Waals surface area contributed by atoms with E-state index >= 15 is 0 Å². The fraction of sp³-hybridized carbons (Fsp3) is 0.333. The predicted molar refractivity (Wildman–Crippen MR) is 128 cm³/mol. The Labute approximate surface area is 197 Å². The first kappa shape index (κ1) is 23.0. The fourth-order valence-electron chi connectivity index (χ4n) is 3.82. The summed E-state index contributed by atoms with van der Waals surface area (Å²) in [5.41, 5.74) is 2.18. The van der Waals surface area contributed by atoms with E-state index in [9.17, 15) is 9.59 Å². The van der Waals surface area contributed by atoms with Gasteiger partial charge in [0, 0.05) is 5.56 Å². The van der Waals surface area contributed by atoms with Crippen LogP contribution in [0.2, 0.25) is 0 Å². The zero-order valence-corrected chi connectivity index (χ0v) is 19.8. The number of hydrogen-bond acceptors (Lipinski definition) is 7. The fourth-order valence-corrected chi connectivity index (χ4v) is 4.66. The quantitative estimate of drug-likeness (QED) is 0.381. The second-order valence-electron chi connectivity index (χ2n) is 8.06. The molecular formula is C24H27N5O3S. The van der Waals surface area contributed by atoms with Crippen molar-refractivity contribution in [1.29, 1.82) is 0 Å². The number of anilines is 1. The Balaban J connectivity index is 1.55. The number of rotatable bonds is 9. The third kappa shape index (κ3) is 5.26. The second-order valence-corrected chi connectivity index (χ2v) is 9.00. The van der Waals surface area contributed by atoms with Crippen molar-refractivity contribution in [3.8, 4) is 5.75 Å². The lowest BCUT2D eigenvalue weighted by Crippen LogP contribution is -2.25. The van der Waals surface area contributed by atoms with Crippen LogP contribution in [-0.4, -0.2) is 57.8 Å². The highest BCUT2D eigenvalue weighted by Crippen LogP contribution is 2.30. The van der Waals surface area contributed by atoms with E-state index in [1.165, 1.54) is 11.8 Å². The Kier molecular flexibility index (Phi) is 7.10. The SMILES string of the molecule is CCC(c1nnc(SCC(=O)c2ccc3c(c2)NC(=O)CO3)n1Cc1ccccc1)N(C)C. The lowest BCUT2D eigenvalue weighted by Gasteiger charge is -2.23. The lowest BCUT2D eigenvalue weighted by atomic mass is 10.1. The number of amides is 1. The first-order valence-electron chi connectivity index (χ1n) is 10.8. The number of hydrogen-bond donors (Lipinski definition) is 1. The minimum atomic E-state index is -0.227. The summed E-state index contributed by atoms with van der Waals surface area (Å²) in [4.78, 5) is 26.6. The first-order valence-corrected chi connectivity index (χ1v) is 11.8. The van der Waals surface area contributed by atoms with Gasteiger partial charge in [-0.2, -0.15) is 0 Å². The Hall–Kier alpha value is -3.17. The summed E-state index contributed by atoms with van der Waals surface area (Å²) >= 11 is 1.37. The third-order valence-electron chi connectivity index (χ3n) is 5.50. The number of nitrogens with zero attached hydrogens (tertiary/aromatic N) is 4. The molecule has 0 bridgehead atoms. The van der Waals surface area contributed by atoms with Gasteiger partial charge >= 0.3 is 0 Å². The minimum absolute atomic E-state index is 0.0126. The molecule has 0 aliphatic carbocycles. The van der Waals surface area contributed by atoms with Crippen LogP contribution in [0.15, 0.2) is 53.7 Å². The maximum absolute atomic E-state index is 12.9. The average molecular weight is 466 g/mol. The molecule has 0 radical (unpaired) electrons. The van der Waals surface area contributed by atoms with Gasteiger partial charge in [-0.1, -0.05) is 49.0 Å². The van der Waals surface area contributed by atoms with E-state index < -0.39 is 0 Å². The first-order chi connectivity index (χ1) is 16.0. The summed E-state index contributed by atoms with van der Waals surface area (Å²) < 4.78 is 7.47. The van der Waals surface area contributed by atoms with Crippen LogP contribution in [0, 0.1) is 0 Å². The van der Waals surface area contributed by atoms with Gasteiger partial charge in [0.1, 0.15) is 5.75 Å². The number of Topliss-reactive ketones (excluding diaryl/α,β-unsaturated/α-hetero) is 1. The normalized spacial score (nSPS) is 13.9. The van der Waals surface area contributed by atoms with Crippen molar-refractivity contribution in [3.63, 3.8) is 0 Å². The number of carbonyl (C=O) groups is 2. The molecule has 33 heavy (non-hydrogen) atoms. The Bertz CT molecular complexity index is 1150. The van der Waals surface area contributed by atoms with Crippen LogP contribution in [0.1, 0.15) is 41.1 Å². The molecule has 0 saturated carbocycles. The molecule has 4 rings (SSSR count). The molecule has 1 aliphatic rings. The van der Waals surface area contributed by atoms with Crippen LogP contribution in [0.3, 0.4) is 0 Å². The molecule has 0 spiro atoms. The van der Waals surface area contributed by atoms with E-state index in [-0.39, 0.29) is 30.1 Å². The maximum Gasteiger partial charge on any atom is 0.262 e. The lowest BCUT2D eigenvalue weighted by molar-refractivity contribution is -0.118. The van der Waals surface area contributed by atoms with Crippen LogP contribution in [0.5, 0.6) is 5.75 Å². The molecule has 1 unspecified atom stereocenters. The van der Waals surface area contributed by atoms with Gasteiger partial charge in [-0.3, -0.25) is 14.5 Å². The average Bonchev–Trinajstić information content (AvgIpc) is 3.19. The van der Waals surface area contributed by atoms with Crippen molar-refractivity contribution in [2.45, 2.75) is 31.1 Å². The summed E-state index contributed by atoms with van der Waals surface area (Å²) in [6.45, 7) is 2.74. The van der Waals surface area contributed by atoms with Crippen LogP contribution >= 0.6 is 11.8 Å². The van der Waals surface area contributed by atoms with E-state index in [0.717, 1.165) is 17.8 Å². The van der Waals surface area contributed by atoms with Gasteiger partial charge in [-0.25, -0.2) is 0 Å². The van der Waals surface area contributed by atoms with Crippen LogP contribution in [-0.2, 0) is 11.3 Å². The number of ketones is 1. The zero-order valence-electron chi connectivity index (χ0n) is 18.9. The highest BCUT2D eigenvalue weighted by Gasteiger charge is 2.23. The van der Waals surface area contributed by atoms with E-state index in [4.69, 9.17) is 4.74 Å². The molecule has 1 amide bonds. The molecular weight excluding hydrogens is 438 g/mol. The van der Waals surface area contributed by atoms with Gasteiger partial charge < -0.3 is 14.6 Å². The standard InChI is InChI=1S/C24H27N5O3S/c1-4-19(28(2)3)23-26-27-24(29(23)13-16-8-6-5-7-9-16)33-15-20(30)17-10-11-21-18(12-17)25-22(31)14-32-21/h5-12,19H,4,13-15H2,1-3H3,(H,25,31). The van der Waals surface area contributed by atoms with Gasteiger partial charge in [0.25, 0.3) is 5.91 Å². The molecule has 0 saturated heterocycles. The summed E-state index contributed by atoms with van der Waals surface area (Å²) in [6.07, 6.45) is 0.895. The Morgan fingerprint density at radius 1 is 1.21 bits per heavy atom. The molecule has 1 aliphatic heterocycles. The van der Waals surface area contributed by atoms with Gasteiger partial charge in [0.15, 0.2) is 23.4 Å². The molecule has 172 valence electrons. The van der Waals surface area contributed by atoms with E-state index in [1.54, 1.807) is 18.2 Å². The van der Waals surface area contributed by atoms with Crippen LogP contribution in [0.25, 0.3) is 0 Å². The number of nitrogens with one attached hydrogen (secondary N) is 1. The number of aromatic nitrogens is 3. The number of ether oxygens (including phenoxy) is 1. The van der Waals surface area contributed by atoms with Crippen molar-refractivity contribution < 1.29 is 14.3 Å². The summed E-state index contributed by atoms with van der Waals surface area (Å²) in [5, 5.41) is 12.4. The molecule has 9 heteroatoms. The van der Waals surface area contributed by atoms with Crippen molar-refractivity contribution in [2.75, 3.05) is 31.8 Å². The Morgan fingerprint density at radius 2 is 2.00 bits per heavy atom. The van der Waals surface area contributed by atoms with Gasteiger partial charge in [0.05, 0.1) is 24.0 Å². The van der Waals surface area contributed by atoms with Crippen LogP contribution in [0.4, 0.5) is 5.69 Å². The van der Waals surface area contributed by atoms with Gasteiger partial charge in [-0.05, 0) is 44.3 Å². The molecule has 8 nitrogen and oxygen atoms in total. The second kappa shape index (κ2) is 10.2. The van der Waals surface area contributed by atoms with Gasteiger partial charge in [-0.15, -0.1) is 10.2 Å². The number of benzene rings is 2. The molecule has 3 aromatic rings. The summed E-state index contributed by atoms with van der Waals surface area (Å²) in [5.74, 6) is 1.38. The maximum atomic E-state index is 12.9. The Morgan fingerprint density at radius 3 is 2.73 bits per heavy atom. The zero-order chi connectivity index (χ0) is 23.4. The van der Waals surface area contributed by atoms with Gasteiger partial charge in [0.2, 0.25) is 0 Å². The molecule has 1 N–H and O–H groups in total. The number of thioether (sulfide) groups is 1. The van der Waals surface area contributed by atoms with E-state index in [0.29, 0.717) is 28.7 Å². The molecule has 2 heterocycles. The van der Waals surface area contributed by atoms with Crippen molar-refractivity contribution >= 4 is 29.1 Å². The summed E-state index contributed by atoms with van der Waals surface area (Å²) in [7, 11) is 4.06. The van der Waals surface area contributed by atoms with E-state index in [2.05, 4.69) is 44.0 Å². The largest absolute Gasteiger partial charge is 0.482 e. The minimum Gasteiger partial charge on any atom is -0.482 e. The number of carbonyl (C=O) groups excluding carboxylic acids is 2. The van der Waals surface area contributed by atoms with Crippen molar-refractivity contribution in [1.82, 2.24) is 19.7 Å². The molecule has 1 aromatic heterocycles. The topological polar surface area (TPSA) is 89.4 Å². The third-order valence-corrected chi connectivity index (χ3v) is 6.47. The molecule has 1 atom stereocenters. The smallest absolute Gasteiger partial charge is 0.262 e. The summed E-state index contributed by atoms with van der Waals surface area (Å²) in [6, 6.07) is 15.4. The highest BCUT2D eigenvalue weighted by atomic mass is 32.2. The van der Waals surface area contributed by atoms with Crippen molar-refractivity contribution in [3.05, 3.63) is 65.5 Å². The number of fused-ring (bicyclic) bond motifs is 1.